The second-order valence-corrected chi connectivity index (χ2v) is 4.64. The Morgan fingerprint density at radius 3 is 2.63 bits per heavy atom. The molecule has 0 saturated heterocycles. The zero-order valence-electron chi connectivity index (χ0n) is 10.4. The van der Waals surface area contributed by atoms with E-state index in [1.54, 1.807) is 12.1 Å². The molecule has 19 heavy (non-hydrogen) atoms. The van der Waals surface area contributed by atoms with Gasteiger partial charge >= 0.3 is 6.18 Å². The van der Waals surface area contributed by atoms with E-state index in [4.69, 9.17) is 11.6 Å². The van der Waals surface area contributed by atoms with Gasteiger partial charge in [0.05, 0.1) is 6.61 Å². The maximum atomic E-state index is 11.8. The minimum absolute atomic E-state index is 0.0553. The van der Waals surface area contributed by atoms with Crippen molar-refractivity contribution < 1.29 is 22.7 Å². The number of carbonyl (C=O) groups excluding carboxylic acids is 1. The second-order valence-electron chi connectivity index (χ2n) is 4.23. The normalized spacial score (nSPS) is 11.6. The molecular weight excluding hydrogens is 281 g/mol. The van der Waals surface area contributed by atoms with Crippen LogP contribution in [0.4, 0.5) is 13.2 Å². The molecule has 6 heteroatoms. The molecule has 0 N–H and O–H groups in total. The largest absolute Gasteiger partial charge is 0.411 e. The topological polar surface area (TPSA) is 26.3 Å². The Morgan fingerprint density at radius 1 is 1.37 bits per heavy atom. The van der Waals surface area contributed by atoms with Gasteiger partial charge < -0.3 is 4.74 Å². The lowest BCUT2D eigenvalue weighted by Crippen LogP contribution is -2.18. The van der Waals surface area contributed by atoms with Crippen LogP contribution < -0.4 is 0 Å². The highest BCUT2D eigenvalue weighted by Crippen LogP contribution is 2.19. The van der Waals surface area contributed by atoms with E-state index in [-0.39, 0.29) is 25.2 Å². The van der Waals surface area contributed by atoms with Crippen molar-refractivity contribution in [3.05, 3.63) is 34.3 Å². The van der Waals surface area contributed by atoms with Crippen molar-refractivity contribution in [1.82, 2.24) is 0 Å². The number of halogens is 4. The molecule has 0 radical (unpaired) electrons. The van der Waals surface area contributed by atoms with Gasteiger partial charge in [-0.1, -0.05) is 23.7 Å². The molecule has 0 unspecified atom stereocenters. The third kappa shape index (κ3) is 6.59. The summed E-state index contributed by atoms with van der Waals surface area (Å²) in [6.07, 6.45) is -4.31. The first kappa shape index (κ1) is 16.0. The molecule has 0 amide bonds. The third-order valence-electron chi connectivity index (χ3n) is 2.39. The van der Waals surface area contributed by atoms with Gasteiger partial charge in [-0.2, -0.15) is 13.2 Å². The fourth-order valence-corrected chi connectivity index (χ4v) is 1.77. The number of benzene rings is 1. The van der Waals surface area contributed by atoms with Crippen LogP contribution in [0.25, 0.3) is 0 Å². The van der Waals surface area contributed by atoms with Crippen LogP contribution in [-0.2, 0) is 16.0 Å². The molecule has 0 spiro atoms. The number of ketones is 1. The molecule has 0 aromatic heterocycles. The molecule has 0 fully saturated rings. The Bertz CT molecular complexity index is 444. The van der Waals surface area contributed by atoms with E-state index >= 15 is 0 Å². The first-order chi connectivity index (χ1) is 8.78. The molecule has 0 aliphatic heterocycles. The van der Waals surface area contributed by atoms with E-state index in [1.165, 1.54) is 0 Å². The first-order valence-corrected chi connectivity index (χ1v) is 6.07. The van der Waals surface area contributed by atoms with Crippen LogP contribution in [0.5, 0.6) is 0 Å². The van der Waals surface area contributed by atoms with Crippen molar-refractivity contribution >= 4 is 17.4 Å². The quantitative estimate of drug-likeness (QED) is 0.747. The molecule has 0 saturated carbocycles. The molecule has 106 valence electrons. The van der Waals surface area contributed by atoms with Crippen molar-refractivity contribution in [3.8, 4) is 0 Å². The summed E-state index contributed by atoms with van der Waals surface area (Å²) in [5.74, 6) is -0.201. The molecule has 1 aromatic carbocycles. The van der Waals surface area contributed by atoms with E-state index in [2.05, 4.69) is 4.74 Å². The molecule has 0 aliphatic carbocycles. The van der Waals surface area contributed by atoms with Crippen LogP contribution >= 0.6 is 11.6 Å². The fraction of sp³-hybridized carbons (Fsp3) is 0.462. The standard InChI is InChI=1S/C13H14ClF3O2/c1-9-2-3-10(12(14)6-9)7-11(18)4-5-19-8-13(15,16)17/h2-3,6H,4-5,7-8H2,1H3. The molecule has 0 aliphatic rings. The van der Waals surface area contributed by atoms with Crippen LogP contribution in [0.15, 0.2) is 18.2 Å². The Hall–Kier alpha value is -1.07. The third-order valence-corrected chi connectivity index (χ3v) is 2.74. The molecule has 2 nitrogen and oxygen atoms in total. The summed E-state index contributed by atoms with van der Waals surface area (Å²) < 4.78 is 39.7. The number of ether oxygens (including phenoxy) is 1. The smallest absolute Gasteiger partial charge is 0.372 e. The Morgan fingerprint density at radius 2 is 2.05 bits per heavy atom. The van der Waals surface area contributed by atoms with Gasteiger partial charge in [0.15, 0.2) is 0 Å². The predicted octanol–water partition coefficient (Wildman–Crippen LogP) is 3.73. The Kier molecular flexibility index (Phi) is 5.82. The van der Waals surface area contributed by atoms with E-state index in [1.807, 2.05) is 13.0 Å². The maximum absolute atomic E-state index is 11.8. The van der Waals surface area contributed by atoms with E-state index in [0.29, 0.717) is 10.6 Å². The van der Waals surface area contributed by atoms with Crippen LogP contribution in [0.1, 0.15) is 17.5 Å². The van der Waals surface area contributed by atoms with Crippen LogP contribution in [0, 0.1) is 6.92 Å². The predicted molar refractivity (Wildman–Crippen MR) is 66.4 cm³/mol. The van der Waals surface area contributed by atoms with E-state index < -0.39 is 12.8 Å². The lowest BCUT2D eigenvalue weighted by atomic mass is 10.1. The highest BCUT2D eigenvalue weighted by molar-refractivity contribution is 6.31. The van der Waals surface area contributed by atoms with Gasteiger partial charge in [-0.15, -0.1) is 0 Å². The van der Waals surface area contributed by atoms with Crippen molar-refractivity contribution in [3.63, 3.8) is 0 Å². The van der Waals surface area contributed by atoms with Crippen molar-refractivity contribution in [2.75, 3.05) is 13.2 Å². The van der Waals surface area contributed by atoms with Gasteiger partial charge in [-0.05, 0) is 24.1 Å². The number of alkyl halides is 3. The zero-order valence-corrected chi connectivity index (χ0v) is 11.1. The van der Waals surface area contributed by atoms with Gasteiger partial charge in [0.1, 0.15) is 12.4 Å². The molecule has 0 heterocycles. The molecule has 1 rings (SSSR count). The summed E-state index contributed by atoms with van der Waals surface area (Å²) in [5, 5.41) is 0.490. The summed E-state index contributed by atoms with van der Waals surface area (Å²) in [6.45, 7) is 0.315. The van der Waals surface area contributed by atoms with Crippen molar-refractivity contribution in [1.29, 1.82) is 0 Å². The minimum atomic E-state index is -4.36. The van der Waals surface area contributed by atoms with Crippen molar-refractivity contribution in [2.45, 2.75) is 25.9 Å². The molecule has 0 atom stereocenters. The number of hydrogen-bond acceptors (Lipinski definition) is 2. The number of hydrogen-bond donors (Lipinski definition) is 0. The SMILES string of the molecule is Cc1ccc(CC(=O)CCOCC(F)(F)F)c(Cl)c1. The summed E-state index contributed by atoms with van der Waals surface area (Å²) in [5.41, 5.74) is 1.66. The summed E-state index contributed by atoms with van der Waals surface area (Å²) in [4.78, 5) is 11.6. The average molecular weight is 295 g/mol. The lowest BCUT2D eigenvalue weighted by Gasteiger charge is -2.08. The monoisotopic (exact) mass is 294 g/mol. The number of rotatable bonds is 6. The zero-order chi connectivity index (χ0) is 14.5. The molecule has 0 bridgehead atoms. The average Bonchev–Trinajstić information content (AvgIpc) is 2.27. The highest BCUT2D eigenvalue weighted by atomic mass is 35.5. The van der Waals surface area contributed by atoms with Gasteiger partial charge in [-0.25, -0.2) is 0 Å². The van der Waals surface area contributed by atoms with Gasteiger partial charge in [-0.3, -0.25) is 4.79 Å². The van der Waals surface area contributed by atoms with E-state index in [9.17, 15) is 18.0 Å². The van der Waals surface area contributed by atoms with Gasteiger partial charge in [0.2, 0.25) is 0 Å². The van der Waals surface area contributed by atoms with Gasteiger partial charge in [0, 0.05) is 17.9 Å². The maximum Gasteiger partial charge on any atom is 0.411 e. The van der Waals surface area contributed by atoms with Crippen LogP contribution in [0.2, 0.25) is 5.02 Å². The molecule has 1 aromatic rings. The van der Waals surface area contributed by atoms with E-state index in [0.717, 1.165) is 5.56 Å². The summed E-state index contributed by atoms with van der Waals surface area (Å²) in [6, 6.07) is 5.31. The van der Waals surface area contributed by atoms with Gasteiger partial charge in [0.25, 0.3) is 0 Å². The van der Waals surface area contributed by atoms with Crippen LogP contribution in [-0.4, -0.2) is 25.2 Å². The number of aryl methyl sites for hydroxylation is 1. The minimum Gasteiger partial charge on any atom is -0.372 e. The first-order valence-electron chi connectivity index (χ1n) is 5.69. The Balaban J connectivity index is 2.35. The number of Topliss-reactive ketones (excluding diaryl/α,β-unsaturated/α-hetero) is 1. The summed E-state index contributed by atoms with van der Waals surface area (Å²) in [7, 11) is 0. The van der Waals surface area contributed by atoms with Crippen molar-refractivity contribution in [2.24, 2.45) is 0 Å². The fourth-order valence-electron chi connectivity index (χ4n) is 1.47. The number of carbonyl (C=O) groups is 1. The lowest BCUT2D eigenvalue weighted by molar-refractivity contribution is -0.174. The summed E-state index contributed by atoms with van der Waals surface area (Å²) >= 11 is 5.96. The van der Waals surface area contributed by atoms with Crippen LogP contribution in [0.3, 0.4) is 0 Å². The highest BCUT2D eigenvalue weighted by Gasteiger charge is 2.27. The Labute approximate surface area is 114 Å². The molecular formula is C13H14ClF3O2. The second kappa shape index (κ2) is 6.91.